The van der Waals surface area contributed by atoms with Crippen LogP contribution in [0, 0.1) is 34.5 Å². The standard InChI is InChI=1S/C21H32O5/c1-11(22)21(26)9-6-14-16-13(5-8-20(14,21)3)19(2)7-4-12(23)10-15(19)17(24)18(16)25/h13-18,24-26H,4-10H2,1-3H3/t13-,14-,15+,16+,17-,18+,19+,20-,21-/m0/s1. The molecule has 9 atom stereocenters. The van der Waals surface area contributed by atoms with Gasteiger partial charge in [-0.25, -0.2) is 0 Å². The van der Waals surface area contributed by atoms with Gasteiger partial charge in [0.05, 0.1) is 12.2 Å². The van der Waals surface area contributed by atoms with Gasteiger partial charge in [0.1, 0.15) is 11.4 Å². The third kappa shape index (κ3) is 2.08. The average molecular weight is 364 g/mol. The fourth-order valence-corrected chi connectivity index (χ4v) is 7.65. The Balaban J connectivity index is 1.74. The maximum absolute atomic E-state index is 12.3. The Morgan fingerprint density at radius 3 is 2.31 bits per heavy atom. The molecule has 0 saturated heterocycles. The van der Waals surface area contributed by atoms with E-state index in [0.29, 0.717) is 25.7 Å². The summed E-state index contributed by atoms with van der Waals surface area (Å²) in [4.78, 5) is 24.3. The zero-order chi connectivity index (χ0) is 19.1. The van der Waals surface area contributed by atoms with Gasteiger partial charge >= 0.3 is 0 Å². The van der Waals surface area contributed by atoms with Gasteiger partial charge < -0.3 is 15.3 Å². The Morgan fingerprint density at radius 2 is 1.65 bits per heavy atom. The summed E-state index contributed by atoms with van der Waals surface area (Å²) in [6.45, 7) is 5.65. The molecule has 0 spiro atoms. The molecule has 3 N–H and O–H groups in total. The van der Waals surface area contributed by atoms with Gasteiger partial charge in [-0.05, 0) is 68.1 Å². The van der Waals surface area contributed by atoms with Crippen molar-refractivity contribution < 1.29 is 24.9 Å². The quantitative estimate of drug-likeness (QED) is 0.660. The number of ketones is 2. The Labute approximate surface area is 155 Å². The molecule has 5 nitrogen and oxygen atoms in total. The second kappa shape index (κ2) is 5.62. The van der Waals surface area contributed by atoms with E-state index in [9.17, 15) is 24.9 Å². The van der Waals surface area contributed by atoms with Gasteiger partial charge in [0.25, 0.3) is 0 Å². The lowest BCUT2D eigenvalue weighted by Gasteiger charge is -2.63. The minimum absolute atomic E-state index is 0.0233. The molecule has 0 aromatic carbocycles. The SMILES string of the molecule is CC(=O)[C@@]1(O)CC[C@H]2[C@@H]3[C@@H](O)[C@@H](O)[C@H]4CC(=O)CC[C@]4(C)[C@H]3CC[C@@]21C. The van der Waals surface area contributed by atoms with Crippen molar-refractivity contribution in [3.8, 4) is 0 Å². The maximum atomic E-state index is 12.3. The van der Waals surface area contributed by atoms with Crippen molar-refractivity contribution >= 4 is 11.6 Å². The molecule has 4 saturated carbocycles. The number of fused-ring (bicyclic) bond motifs is 5. The first-order chi connectivity index (χ1) is 12.1. The van der Waals surface area contributed by atoms with E-state index in [2.05, 4.69) is 6.92 Å². The highest BCUT2D eigenvalue weighted by molar-refractivity contribution is 5.86. The van der Waals surface area contributed by atoms with Crippen molar-refractivity contribution in [2.75, 3.05) is 0 Å². The highest BCUT2D eigenvalue weighted by atomic mass is 16.3. The molecular formula is C21H32O5. The first-order valence-electron chi connectivity index (χ1n) is 10.2. The maximum Gasteiger partial charge on any atom is 0.161 e. The van der Waals surface area contributed by atoms with Crippen molar-refractivity contribution in [1.29, 1.82) is 0 Å². The molecule has 4 fully saturated rings. The van der Waals surface area contributed by atoms with Crippen LogP contribution in [0.2, 0.25) is 0 Å². The monoisotopic (exact) mass is 364 g/mol. The number of rotatable bonds is 1. The van der Waals surface area contributed by atoms with Gasteiger partial charge in [-0.3, -0.25) is 9.59 Å². The van der Waals surface area contributed by atoms with E-state index in [1.165, 1.54) is 6.92 Å². The molecule has 26 heavy (non-hydrogen) atoms. The summed E-state index contributed by atoms with van der Waals surface area (Å²) in [5, 5.41) is 33.1. The molecule has 0 aromatic heterocycles. The molecule has 5 heteroatoms. The second-order valence-corrected chi connectivity index (χ2v) is 10.0. The van der Waals surface area contributed by atoms with Crippen LogP contribution in [-0.2, 0) is 9.59 Å². The van der Waals surface area contributed by atoms with Crippen LogP contribution in [0.4, 0.5) is 0 Å². The Kier molecular flexibility index (Phi) is 4.01. The fourth-order valence-electron chi connectivity index (χ4n) is 7.65. The molecule has 146 valence electrons. The number of hydrogen-bond acceptors (Lipinski definition) is 5. The average Bonchev–Trinajstić information content (AvgIpc) is 2.87. The molecule has 0 aliphatic heterocycles. The first kappa shape index (κ1) is 18.6. The van der Waals surface area contributed by atoms with E-state index in [4.69, 9.17) is 0 Å². The summed E-state index contributed by atoms with van der Waals surface area (Å²) < 4.78 is 0. The molecule has 0 radical (unpaired) electrons. The number of carbonyl (C=O) groups is 2. The largest absolute Gasteiger partial charge is 0.390 e. The van der Waals surface area contributed by atoms with Crippen molar-refractivity contribution in [1.82, 2.24) is 0 Å². The zero-order valence-corrected chi connectivity index (χ0v) is 16.1. The lowest BCUT2D eigenvalue weighted by Crippen LogP contribution is -2.65. The van der Waals surface area contributed by atoms with Crippen molar-refractivity contribution in [3.05, 3.63) is 0 Å². The minimum atomic E-state index is -1.33. The molecule has 4 aliphatic rings. The Morgan fingerprint density at radius 1 is 1.00 bits per heavy atom. The highest BCUT2D eigenvalue weighted by Crippen LogP contribution is 2.68. The summed E-state index contributed by atoms with van der Waals surface area (Å²) in [6, 6.07) is 0. The minimum Gasteiger partial charge on any atom is -0.390 e. The van der Waals surface area contributed by atoms with Gasteiger partial charge in [0.15, 0.2) is 5.78 Å². The smallest absolute Gasteiger partial charge is 0.161 e. The number of aliphatic hydroxyl groups is 3. The Bertz CT molecular complexity index is 646. The lowest BCUT2D eigenvalue weighted by molar-refractivity contribution is -0.222. The predicted octanol–water partition coefficient (Wildman–Crippen LogP) is 1.86. The van der Waals surface area contributed by atoms with Crippen LogP contribution < -0.4 is 0 Å². The van der Waals surface area contributed by atoms with Crippen LogP contribution in [0.1, 0.15) is 65.7 Å². The van der Waals surface area contributed by atoms with Crippen molar-refractivity contribution in [2.45, 2.75) is 83.5 Å². The van der Waals surface area contributed by atoms with Crippen LogP contribution in [0.15, 0.2) is 0 Å². The normalized spacial score (nSPS) is 56.5. The van der Waals surface area contributed by atoms with Crippen molar-refractivity contribution in [2.24, 2.45) is 34.5 Å². The van der Waals surface area contributed by atoms with Gasteiger partial charge in [-0.15, -0.1) is 0 Å². The van der Waals surface area contributed by atoms with Crippen LogP contribution >= 0.6 is 0 Å². The van der Waals surface area contributed by atoms with E-state index in [1.54, 1.807) is 0 Å². The number of carbonyl (C=O) groups excluding carboxylic acids is 2. The van der Waals surface area contributed by atoms with E-state index in [0.717, 1.165) is 19.3 Å². The molecular weight excluding hydrogens is 332 g/mol. The van der Waals surface area contributed by atoms with Crippen LogP contribution in [-0.4, -0.2) is 44.7 Å². The Hall–Kier alpha value is -0.780. The molecule has 0 unspecified atom stereocenters. The molecule has 4 aliphatic carbocycles. The van der Waals surface area contributed by atoms with Gasteiger partial charge in [0.2, 0.25) is 0 Å². The molecule has 0 aromatic rings. The highest BCUT2D eigenvalue weighted by Gasteiger charge is 2.69. The zero-order valence-electron chi connectivity index (χ0n) is 16.1. The van der Waals surface area contributed by atoms with Gasteiger partial charge in [-0.2, -0.15) is 0 Å². The summed E-state index contributed by atoms with van der Waals surface area (Å²) in [5.74, 6) is -0.0468. The number of aliphatic hydroxyl groups excluding tert-OH is 2. The molecule has 0 bridgehead atoms. The predicted molar refractivity (Wildman–Crippen MR) is 95.1 cm³/mol. The molecule has 0 heterocycles. The van der Waals surface area contributed by atoms with Crippen molar-refractivity contribution in [3.63, 3.8) is 0 Å². The second-order valence-electron chi connectivity index (χ2n) is 10.0. The number of hydrogen-bond donors (Lipinski definition) is 3. The summed E-state index contributed by atoms with van der Waals surface area (Å²) in [6.07, 6.45) is 2.62. The van der Waals surface area contributed by atoms with Gasteiger partial charge in [0, 0.05) is 18.3 Å². The number of Topliss-reactive ketones (excluding diaryl/α,β-unsaturated/α-hetero) is 2. The molecule has 0 amide bonds. The van der Waals surface area contributed by atoms with E-state index in [-0.39, 0.29) is 40.7 Å². The molecule has 4 rings (SSSR count). The van der Waals surface area contributed by atoms with E-state index < -0.39 is 23.2 Å². The fraction of sp³-hybridized carbons (Fsp3) is 0.905. The topological polar surface area (TPSA) is 94.8 Å². The third-order valence-corrected chi connectivity index (χ3v) is 9.31. The summed E-state index contributed by atoms with van der Waals surface area (Å²) in [7, 11) is 0. The van der Waals surface area contributed by atoms with E-state index >= 15 is 0 Å². The third-order valence-electron chi connectivity index (χ3n) is 9.31. The van der Waals surface area contributed by atoms with Crippen LogP contribution in [0.3, 0.4) is 0 Å². The van der Waals surface area contributed by atoms with Gasteiger partial charge in [-0.1, -0.05) is 13.8 Å². The first-order valence-corrected chi connectivity index (χ1v) is 10.2. The lowest BCUT2D eigenvalue weighted by atomic mass is 9.43. The van der Waals surface area contributed by atoms with Crippen LogP contribution in [0.5, 0.6) is 0 Å². The van der Waals surface area contributed by atoms with Crippen LogP contribution in [0.25, 0.3) is 0 Å². The van der Waals surface area contributed by atoms with E-state index in [1.807, 2.05) is 6.92 Å². The summed E-state index contributed by atoms with van der Waals surface area (Å²) in [5.41, 5.74) is -2.03. The summed E-state index contributed by atoms with van der Waals surface area (Å²) >= 11 is 0.